The summed E-state index contributed by atoms with van der Waals surface area (Å²) in [5.41, 5.74) is 5.18. The second-order valence-corrected chi connectivity index (χ2v) is 13.5. The van der Waals surface area contributed by atoms with Gasteiger partial charge in [-0.2, -0.15) is 0 Å². The molecule has 0 aliphatic heterocycles. The minimum Gasteiger partial charge on any atom is -0.490 e. The molecule has 226 valence electrons. The van der Waals surface area contributed by atoms with Crippen LogP contribution in [-0.4, -0.2) is 56.1 Å². The van der Waals surface area contributed by atoms with Gasteiger partial charge in [-0.05, 0) is 96.9 Å². The largest absolute Gasteiger partial charge is 0.490 e. The van der Waals surface area contributed by atoms with Gasteiger partial charge in [0.05, 0.1) is 17.1 Å². The number of aryl methyl sites for hydroxylation is 1. The first-order chi connectivity index (χ1) is 20.7. The first-order valence-electron chi connectivity index (χ1n) is 15.7. The number of fused-ring (bicyclic) bond motifs is 1. The van der Waals surface area contributed by atoms with Crippen LogP contribution in [0.3, 0.4) is 0 Å². The monoisotopic (exact) mass is 582 g/mol. The van der Waals surface area contributed by atoms with E-state index in [1.807, 2.05) is 12.1 Å². The van der Waals surface area contributed by atoms with Crippen LogP contribution in [0.25, 0.3) is 11.0 Å². The maximum absolute atomic E-state index is 12.8. The van der Waals surface area contributed by atoms with E-state index in [1.54, 1.807) is 0 Å². The van der Waals surface area contributed by atoms with Gasteiger partial charge in [0.25, 0.3) is 5.91 Å². The van der Waals surface area contributed by atoms with Crippen molar-refractivity contribution in [3.63, 3.8) is 0 Å². The molecule has 2 aliphatic carbocycles. The molecule has 2 N–H and O–H groups in total. The van der Waals surface area contributed by atoms with Gasteiger partial charge in [0.15, 0.2) is 0 Å². The average molecular weight is 583 g/mol. The fourth-order valence-corrected chi connectivity index (χ4v) is 6.90. The molecule has 6 rings (SSSR count). The molecule has 0 saturated heterocycles. The number of carbonyl (C=O) groups is 1. The zero-order valence-electron chi connectivity index (χ0n) is 26.1. The number of nitrogens with zero attached hydrogens (tertiary/aromatic N) is 6. The average Bonchev–Trinajstić information content (AvgIpc) is 3.75. The molecule has 11 heteroatoms. The van der Waals surface area contributed by atoms with Gasteiger partial charge in [0.1, 0.15) is 13.6 Å². The number of hydrogen-bond donors (Lipinski definition) is 2. The summed E-state index contributed by atoms with van der Waals surface area (Å²) in [5, 5.41) is 16.1. The highest BCUT2D eigenvalue weighted by molar-refractivity contribution is 6.34. The zero-order chi connectivity index (χ0) is 30.1. The summed E-state index contributed by atoms with van der Waals surface area (Å²) in [7, 11) is 4.19. The number of benzene rings is 2. The van der Waals surface area contributed by atoms with Gasteiger partial charge in [-0.3, -0.25) is 10.1 Å². The SMILES string of the molecule is Bc1cc(C(=O)Nc2nnn[nH]2)ccc1CN(c1nc2cc(OC3CCCC3)ccc2n1C)C1CCC(C(C)(C)C)CC1. The lowest BCUT2D eigenvalue weighted by molar-refractivity contribution is 0.102. The molecule has 2 aromatic heterocycles. The Morgan fingerprint density at radius 1 is 1.09 bits per heavy atom. The Morgan fingerprint density at radius 3 is 2.53 bits per heavy atom. The van der Waals surface area contributed by atoms with Crippen molar-refractivity contribution in [2.45, 2.75) is 90.8 Å². The number of amides is 1. The standard InChI is InChI=1S/C32H43BN8O2/c1-32(2,3)22-11-13-23(14-12-22)41(19-21-10-9-20(17-26(21)33)29(42)35-30-36-38-39-37-30)31-34-27-18-25(15-16-28(27)40(31)4)43-24-7-5-6-8-24/h9-10,15-18,22-24H,5-8,11-14,19,33H2,1-4H3,(H2,35,36,37,38,39,42). The van der Waals surface area contributed by atoms with Crippen molar-refractivity contribution in [2.24, 2.45) is 18.4 Å². The molecule has 0 spiro atoms. The van der Waals surface area contributed by atoms with Crippen LogP contribution in [0.15, 0.2) is 36.4 Å². The fraction of sp³-hybridized carbons (Fsp3) is 0.531. The number of rotatable bonds is 8. The van der Waals surface area contributed by atoms with E-state index >= 15 is 0 Å². The molecular formula is C32H43BN8O2. The minimum absolute atomic E-state index is 0.224. The van der Waals surface area contributed by atoms with Gasteiger partial charge in [0, 0.05) is 31.3 Å². The van der Waals surface area contributed by atoms with Crippen LogP contribution in [0, 0.1) is 11.3 Å². The lowest BCUT2D eigenvalue weighted by atomic mass is 9.71. The molecule has 0 bridgehead atoms. The molecule has 2 aliphatic rings. The maximum atomic E-state index is 12.8. The molecular weight excluding hydrogens is 539 g/mol. The number of anilines is 2. The number of hydrogen-bond acceptors (Lipinski definition) is 7. The second kappa shape index (κ2) is 12.0. The molecule has 0 atom stereocenters. The Labute approximate surface area is 254 Å². The summed E-state index contributed by atoms with van der Waals surface area (Å²) >= 11 is 0. The highest BCUT2D eigenvalue weighted by Crippen LogP contribution is 2.40. The molecule has 0 unspecified atom stereocenters. The lowest BCUT2D eigenvalue weighted by Crippen LogP contribution is -2.41. The molecule has 43 heavy (non-hydrogen) atoms. The third-order valence-corrected chi connectivity index (χ3v) is 9.58. The molecule has 2 aromatic carbocycles. The van der Waals surface area contributed by atoms with Crippen LogP contribution in [0.4, 0.5) is 11.9 Å². The predicted molar refractivity (Wildman–Crippen MR) is 172 cm³/mol. The van der Waals surface area contributed by atoms with Gasteiger partial charge in [-0.15, -0.1) is 0 Å². The number of imidazole rings is 1. The van der Waals surface area contributed by atoms with E-state index in [9.17, 15) is 4.79 Å². The summed E-state index contributed by atoms with van der Waals surface area (Å²) in [6, 6.07) is 12.6. The van der Waals surface area contributed by atoms with Gasteiger partial charge in [-0.25, -0.2) is 10.1 Å². The normalized spacial score (nSPS) is 19.5. The summed E-state index contributed by atoms with van der Waals surface area (Å²) in [6.07, 6.45) is 9.76. The third kappa shape index (κ3) is 6.40. The smallest absolute Gasteiger partial charge is 0.258 e. The van der Waals surface area contributed by atoms with E-state index in [0.717, 1.165) is 59.8 Å². The van der Waals surface area contributed by atoms with E-state index in [1.165, 1.54) is 31.2 Å². The van der Waals surface area contributed by atoms with Crippen LogP contribution in [0.1, 0.15) is 88.1 Å². The molecule has 0 radical (unpaired) electrons. The number of aromatic amines is 1. The fourth-order valence-electron chi connectivity index (χ4n) is 6.90. The van der Waals surface area contributed by atoms with Crippen LogP contribution in [0.2, 0.25) is 0 Å². The van der Waals surface area contributed by atoms with Crippen molar-refractivity contribution in [3.05, 3.63) is 47.5 Å². The van der Waals surface area contributed by atoms with Crippen molar-refractivity contribution in [1.82, 2.24) is 30.2 Å². The quantitative estimate of drug-likeness (QED) is 0.294. The molecule has 2 fully saturated rings. The van der Waals surface area contributed by atoms with Crippen molar-refractivity contribution in [2.75, 3.05) is 10.2 Å². The van der Waals surface area contributed by atoms with Crippen molar-refractivity contribution in [1.29, 1.82) is 0 Å². The van der Waals surface area contributed by atoms with Crippen LogP contribution in [0.5, 0.6) is 5.75 Å². The number of tetrazole rings is 1. The molecule has 10 nitrogen and oxygen atoms in total. The predicted octanol–water partition coefficient (Wildman–Crippen LogP) is 4.53. The van der Waals surface area contributed by atoms with Gasteiger partial charge in [-0.1, -0.05) is 43.5 Å². The lowest BCUT2D eigenvalue weighted by Gasteiger charge is -2.41. The topological polar surface area (TPSA) is 114 Å². The summed E-state index contributed by atoms with van der Waals surface area (Å²) in [5.74, 6) is 2.58. The Balaban J connectivity index is 1.28. The number of ether oxygens (including phenoxy) is 1. The molecule has 1 amide bonds. The van der Waals surface area contributed by atoms with Crippen molar-refractivity contribution in [3.8, 4) is 5.75 Å². The summed E-state index contributed by atoms with van der Waals surface area (Å²) < 4.78 is 8.55. The Bertz CT molecular complexity index is 1560. The summed E-state index contributed by atoms with van der Waals surface area (Å²) in [6.45, 7) is 7.82. The van der Waals surface area contributed by atoms with Crippen LogP contribution >= 0.6 is 0 Å². The van der Waals surface area contributed by atoms with Gasteiger partial charge in [0.2, 0.25) is 11.9 Å². The Hall–Kier alpha value is -3.89. The molecule has 4 aromatic rings. The molecule has 2 heterocycles. The zero-order valence-corrected chi connectivity index (χ0v) is 26.1. The number of aromatic nitrogens is 6. The van der Waals surface area contributed by atoms with Crippen LogP contribution < -0.4 is 20.4 Å². The number of carbonyl (C=O) groups excluding carboxylic acids is 1. The Morgan fingerprint density at radius 2 is 1.86 bits per heavy atom. The Kier molecular flexibility index (Phi) is 8.16. The summed E-state index contributed by atoms with van der Waals surface area (Å²) in [4.78, 5) is 20.5. The van der Waals surface area contributed by atoms with Crippen molar-refractivity contribution >= 4 is 42.1 Å². The van der Waals surface area contributed by atoms with E-state index in [-0.39, 0.29) is 11.9 Å². The van der Waals surface area contributed by atoms with Crippen LogP contribution in [-0.2, 0) is 13.6 Å². The van der Waals surface area contributed by atoms with Crippen molar-refractivity contribution < 1.29 is 9.53 Å². The first kappa shape index (κ1) is 29.2. The minimum atomic E-state index is -0.253. The number of nitrogens with one attached hydrogen (secondary N) is 2. The number of H-pyrrole nitrogens is 1. The van der Waals surface area contributed by atoms with Gasteiger partial charge < -0.3 is 14.2 Å². The second-order valence-electron chi connectivity index (χ2n) is 13.5. The highest BCUT2D eigenvalue weighted by atomic mass is 16.5. The van der Waals surface area contributed by atoms with E-state index in [0.29, 0.717) is 29.7 Å². The van der Waals surface area contributed by atoms with E-state index < -0.39 is 0 Å². The van der Waals surface area contributed by atoms with Gasteiger partial charge >= 0.3 is 0 Å². The highest BCUT2D eigenvalue weighted by Gasteiger charge is 2.34. The van der Waals surface area contributed by atoms with E-state index in [4.69, 9.17) is 9.72 Å². The molecule has 2 saturated carbocycles. The maximum Gasteiger partial charge on any atom is 0.258 e. The van der Waals surface area contributed by atoms with E-state index in [2.05, 4.69) is 95.3 Å². The first-order valence-corrected chi connectivity index (χ1v) is 15.7. The third-order valence-electron chi connectivity index (χ3n) is 9.58.